The van der Waals surface area contributed by atoms with Crippen molar-refractivity contribution < 1.29 is 35.4 Å². The lowest BCUT2D eigenvalue weighted by molar-refractivity contribution is -0.138. The molecule has 250 valence electrons. The Bertz CT molecular complexity index is 1960. The first-order valence-corrected chi connectivity index (χ1v) is 16.0. The summed E-state index contributed by atoms with van der Waals surface area (Å²) in [5.41, 5.74) is 10.3. The summed E-state index contributed by atoms with van der Waals surface area (Å²) in [5.74, 6) is -0.491. The van der Waals surface area contributed by atoms with E-state index < -0.39 is 43.6 Å². The Kier molecular flexibility index (Phi) is 8.92. The molecule has 0 amide bonds. The third kappa shape index (κ3) is 6.23. The minimum absolute atomic E-state index is 0.00770. The fraction of sp³-hybridized carbons (Fsp3) is 0.0833. The van der Waals surface area contributed by atoms with Crippen molar-refractivity contribution in [2.24, 2.45) is 0 Å². The molecule has 48 heavy (non-hydrogen) atoms. The largest absolute Gasteiger partial charge is 0.416 e. The highest BCUT2D eigenvalue weighted by atomic mass is 35.5. The molecule has 0 aliphatic carbocycles. The highest BCUT2D eigenvalue weighted by molar-refractivity contribution is 8.76. The number of rotatable bonds is 7. The molecule has 0 fully saturated rings. The van der Waals surface area contributed by atoms with Crippen LogP contribution in [-0.2, 0) is 12.4 Å². The Morgan fingerprint density at radius 1 is 0.604 bits per heavy atom. The second-order valence-corrected chi connectivity index (χ2v) is 13.0. The zero-order valence-corrected chi connectivity index (χ0v) is 27.3. The molecule has 12 nitrogen and oxygen atoms in total. The highest BCUT2D eigenvalue weighted by Gasteiger charge is 2.35. The molecule has 0 saturated heterocycles. The maximum atomic E-state index is 13.4. The number of alkyl halides is 6. The van der Waals surface area contributed by atoms with Crippen LogP contribution in [0.3, 0.4) is 0 Å². The molecule has 4 aromatic heterocycles. The van der Waals surface area contributed by atoms with Gasteiger partial charge in [0.2, 0.25) is 24.4 Å². The lowest BCUT2D eigenvalue weighted by Crippen LogP contribution is -2.08. The average molecular weight is 790 g/mol. The van der Waals surface area contributed by atoms with Crippen molar-refractivity contribution in [2.75, 3.05) is 11.5 Å². The molecular formula is C24H10Cl4F6N10O2S2. The topological polar surface area (TPSA) is 166 Å². The molecule has 4 N–H and O–H groups in total. The van der Waals surface area contributed by atoms with Gasteiger partial charge in [-0.05, 0) is 45.9 Å². The predicted molar refractivity (Wildman–Crippen MR) is 164 cm³/mol. The third-order valence-electron chi connectivity index (χ3n) is 6.22. The quantitative estimate of drug-likeness (QED) is 0.117. The predicted octanol–water partition coefficient (Wildman–Crippen LogP) is 8.77. The number of halogens is 10. The van der Waals surface area contributed by atoms with E-state index >= 15 is 0 Å². The molecule has 2 aromatic carbocycles. The van der Waals surface area contributed by atoms with Crippen molar-refractivity contribution in [3.63, 3.8) is 0 Å². The number of anilines is 2. The van der Waals surface area contributed by atoms with Crippen LogP contribution in [0.5, 0.6) is 0 Å². The van der Waals surface area contributed by atoms with Crippen molar-refractivity contribution in [2.45, 2.75) is 22.1 Å². The summed E-state index contributed by atoms with van der Waals surface area (Å²) in [6.07, 6.45) is -7.49. The molecule has 0 spiro atoms. The first kappa shape index (κ1) is 34.1. The molecule has 24 heteroatoms. The monoisotopic (exact) mass is 788 g/mol. The molecular weight excluding hydrogens is 780 g/mol. The summed E-state index contributed by atoms with van der Waals surface area (Å²) in [4.78, 5) is 8.21. The molecule has 0 unspecified atom stereocenters. The second-order valence-electron chi connectivity index (χ2n) is 9.20. The van der Waals surface area contributed by atoms with E-state index in [0.717, 1.165) is 43.7 Å². The number of aromatic nitrogens is 8. The smallest absolute Gasteiger partial charge is 0.383 e. The average Bonchev–Trinajstić information content (AvgIpc) is 3.80. The van der Waals surface area contributed by atoms with Gasteiger partial charge < -0.3 is 20.5 Å². The van der Waals surface area contributed by atoms with Crippen LogP contribution in [-0.4, -0.2) is 39.8 Å². The number of benzene rings is 2. The van der Waals surface area contributed by atoms with Crippen LogP contribution in [0.25, 0.3) is 34.4 Å². The fourth-order valence-corrected chi connectivity index (χ4v) is 7.84. The molecule has 0 saturated carbocycles. The van der Waals surface area contributed by atoms with Crippen molar-refractivity contribution in [3.05, 3.63) is 68.3 Å². The summed E-state index contributed by atoms with van der Waals surface area (Å²) in [6.45, 7) is 0. The van der Waals surface area contributed by atoms with Gasteiger partial charge in [0.15, 0.2) is 11.4 Å². The van der Waals surface area contributed by atoms with Crippen LogP contribution in [0.15, 0.2) is 55.9 Å². The number of nitrogens with zero attached hydrogens (tertiary/aromatic N) is 8. The Hall–Kier alpha value is -3.82. The molecule has 6 rings (SSSR count). The Morgan fingerprint density at radius 3 is 1.21 bits per heavy atom. The minimum Gasteiger partial charge on any atom is -0.383 e. The Labute approximate surface area is 290 Å². The maximum Gasteiger partial charge on any atom is 0.416 e. The van der Waals surface area contributed by atoms with Gasteiger partial charge >= 0.3 is 12.4 Å². The molecule has 0 atom stereocenters. The van der Waals surface area contributed by atoms with Crippen LogP contribution < -0.4 is 11.5 Å². The van der Waals surface area contributed by atoms with Crippen molar-refractivity contribution in [1.82, 2.24) is 39.8 Å². The van der Waals surface area contributed by atoms with E-state index in [9.17, 15) is 26.3 Å². The molecule has 0 bridgehead atoms. The van der Waals surface area contributed by atoms with Gasteiger partial charge in [-0.15, -0.1) is 0 Å². The van der Waals surface area contributed by atoms with Gasteiger partial charge in [0, 0.05) is 0 Å². The molecule has 0 aliphatic heterocycles. The number of hydrogen-bond donors (Lipinski definition) is 2. The van der Waals surface area contributed by atoms with Crippen LogP contribution in [0.4, 0.5) is 38.0 Å². The van der Waals surface area contributed by atoms with Crippen LogP contribution >= 0.6 is 68.0 Å². The lowest BCUT2D eigenvalue weighted by Gasteiger charge is -2.13. The molecule has 0 aliphatic rings. The van der Waals surface area contributed by atoms with Gasteiger partial charge in [-0.3, -0.25) is 0 Å². The zero-order valence-electron chi connectivity index (χ0n) is 22.6. The van der Waals surface area contributed by atoms with E-state index in [-0.39, 0.29) is 55.8 Å². The Morgan fingerprint density at radius 2 is 0.938 bits per heavy atom. The summed E-state index contributed by atoms with van der Waals surface area (Å²) in [5, 5.41) is 14.5. The van der Waals surface area contributed by atoms with E-state index in [1.54, 1.807) is 0 Å². The van der Waals surface area contributed by atoms with Gasteiger partial charge in [0.05, 0.1) is 41.0 Å². The van der Waals surface area contributed by atoms with Crippen LogP contribution in [0.2, 0.25) is 20.1 Å². The van der Waals surface area contributed by atoms with Gasteiger partial charge in [0.1, 0.15) is 23.0 Å². The zero-order chi connectivity index (χ0) is 34.7. The lowest BCUT2D eigenvalue weighted by atomic mass is 10.2. The number of nitrogen functional groups attached to an aromatic ring is 2. The fourth-order valence-electron chi connectivity index (χ4n) is 4.13. The SMILES string of the molecule is Nc1c(SSc2c(-c3ncon3)nn(-c3c(Cl)cc(C(F)(F)F)cc3Cl)c2N)c(-c2ncon2)nn1-c1c(Cl)cc(C(F)(F)F)cc1Cl. The number of hydrogen-bond acceptors (Lipinski definition) is 12. The standard InChI is InChI=1S/C24H10Cl4F6N10O2S2/c25-9-1-7(23(29,30)31)2-10(26)15(9)43-19(35)17(13(39-43)21-37-5-45-41-21)47-48-18-14(22-38-6-46-42-22)40-44(20(18)36)16-11(27)3-8(4-12(16)28)24(32,33)34/h1-6H,35-36H2. The third-order valence-corrected chi connectivity index (χ3v) is 9.84. The van der Waals surface area contributed by atoms with E-state index in [2.05, 4.69) is 30.5 Å². The van der Waals surface area contributed by atoms with Crippen LogP contribution in [0.1, 0.15) is 11.1 Å². The van der Waals surface area contributed by atoms with E-state index in [1.165, 1.54) is 0 Å². The van der Waals surface area contributed by atoms with E-state index in [1.807, 2.05) is 0 Å². The van der Waals surface area contributed by atoms with Gasteiger partial charge in [-0.2, -0.15) is 46.5 Å². The Balaban J connectivity index is 1.46. The van der Waals surface area contributed by atoms with Gasteiger partial charge in [0.25, 0.3) is 0 Å². The maximum absolute atomic E-state index is 13.4. The first-order chi connectivity index (χ1) is 22.6. The van der Waals surface area contributed by atoms with Crippen molar-refractivity contribution >= 4 is 79.6 Å². The number of nitrogens with two attached hydrogens (primary N) is 2. The highest BCUT2D eigenvalue weighted by Crippen LogP contribution is 2.51. The van der Waals surface area contributed by atoms with E-state index in [0.29, 0.717) is 24.3 Å². The van der Waals surface area contributed by atoms with Gasteiger partial charge in [-0.1, -0.05) is 56.7 Å². The summed E-state index contributed by atoms with van der Waals surface area (Å²) in [7, 11) is 1.79. The molecule has 6 aromatic rings. The van der Waals surface area contributed by atoms with E-state index in [4.69, 9.17) is 66.9 Å². The van der Waals surface area contributed by atoms with Gasteiger partial charge in [-0.25, -0.2) is 9.36 Å². The normalized spacial score (nSPS) is 12.3. The summed E-state index contributed by atoms with van der Waals surface area (Å²) < 4.78 is 91.9. The van der Waals surface area contributed by atoms with Crippen molar-refractivity contribution in [3.8, 4) is 34.4 Å². The van der Waals surface area contributed by atoms with Crippen LogP contribution in [0, 0.1) is 0 Å². The minimum atomic E-state index is -4.75. The molecule has 4 heterocycles. The first-order valence-electron chi connectivity index (χ1n) is 12.3. The van der Waals surface area contributed by atoms with Crippen molar-refractivity contribution in [1.29, 1.82) is 0 Å². The summed E-state index contributed by atoms with van der Waals surface area (Å²) >= 11 is 24.9. The second kappa shape index (κ2) is 12.6. The summed E-state index contributed by atoms with van der Waals surface area (Å²) in [6, 6.07) is 2.62. The molecule has 0 radical (unpaired) electrons.